The molecule has 0 bridgehead atoms. The highest BCUT2D eigenvalue weighted by Gasteiger charge is 2.21. The first kappa shape index (κ1) is 51.4. The van der Waals surface area contributed by atoms with Gasteiger partial charge in [-0.05, 0) is 96.2 Å². The lowest BCUT2D eigenvalue weighted by Crippen LogP contribution is -2.22. The van der Waals surface area contributed by atoms with Crippen LogP contribution in [0.25, 0.3) is 0 Å². The topological polar surface area (TPSA) is 82.1 Å². The summed E-state index contributed by atoms with van der Waals surface area (Å²) in [6.45, 7) is 13.0. The van der Waals surface area contributed by atoms with Gasteiger partial charge in [0.1, 0.15) is 6.10 Å². The Hall–Kier alpha value is -1.63. The van der Waals surface area contributed by atoms with Crippen LogP contribution in [0.15, 0.2) is 0 Å². The van der Waals surface area contributed by atoms with Crippen LogP contribution in [-0.4, -0.2) is 62.8 Å². The lowest BCUT2D eigenvalue weighted by molar-refractivity contribution is -0.150. The molecular weight excluding hydrogens is 663 g/mol. The third-order valence-corrected chi connectivity index (χ3v) is 10.6. The highest BCUT2D eigenvalue weighted by molar-refractivity contribution is 5.70. The fourth-order valence-corrected chi connectivity index (χ4v) is 7.09. The molecule has 314 valence electrons. The van der Waals surface area contributed by atoms with E-state index in [0.29, 0.717) is 32.5 Å². The van der Waals surface area contributed by atoms with Crippen molar-refractivity contribution in [3.05, 3.63) is 0 Å². The van der Waals surface area contributed by atoms with Crippen LogP contribution in [0.1, 0.15) is 227 Å². The van der Waals surface area contributed by atoms with E-state index in [9.17, 15) is 14.4 Å². The molecule has 1 unspecified atom stereocenters. The molecule has 0 spiro atoms. The summed E-state index contributed by atoms with van der Waals surface area (Å²) in [5, 5.41) is 0. The fraction of sp³-hybridized carbons (Fsp3) is 0.935. The zero-order chi connectivity index (χ0) is 39.4. The molecule has 0 heterocycles. The highest BCUT2D eigenvalue weighted by Crippen LogP contribution is 2.26. The molecule has 0 N–H and O–H groups in total. The number of carbonyl (C=O) groups excluding carboxylic acids is 3. The lowest BCUT2D eigenvalue weighted by atomic mass is 9.87. The van der Waals surface area contributed by atoms with Crippen molar-refractivity contribution in [3.8, 4) is 0 Å². The maximum Gasteiger partial charge on any atom is 0.306 e. The second kappa shape index (κ2) is 36.0. The zero-order valence-electron chi connectivity index (χ0n) is 36.4. The Morgan fingerprint density at radius 3 is 1.55 bits per heavy atom. The van der Waals surface area contributed by atoms with Crippen LogP contribution in [0.3, 0.4) is 0 Å². The van der Waals surface area contributed by atoms with Crippen molar-refractivity contribution in [1.29, 1.82) is 0 Å². The summed E-state index contributed by atoms with van der Waals surface area (Å²) >= 11 is 0. The molecule has 0 radical (unpaired) electrons. The third kappa shape index (κ3) is 35.8. The first-order valence-electron chi connectivity index (χ1n) is 22.7. The Bertz CT molecular complexity index is 849. The van der Waals surface area contributed by atoms with Gasteiger partial charge in [-0.3, -0.25) is 14.4 Å². The number of hydrogen-bond donors (Lipinski definition) is 0. The molecule has 1 atom stereocenters. The number of rotatable bonds is 39. The van der Waals surface area contributed by atoms with E-state index in [-0.39, 0.29) is 29.4 Å². The molecule has 0 rings (SSSR count). The van der Waals surface area contributed by atoms with Crippen LogP contribution in [-0.2, 0) is 28.6 Å². The summed E-state index contributed by atoms with van der Waals surface area (Å²) in [4.78, 5) is 39.4. The third-order valence-electron chi connectivity index (χ3n) is 10.6. The van der Waals surface area contributed by atoms with Gasteiger partial charge in [0, 0.05) is 19.3 Å². The zero-order valence-corrected chi connectivity index (χ0v) is 36.4. The first-order chi connectivity index (χ1) is 25.5. The van der Waals surface area contributed by atoms with E-state index in [2.05, 4.69) is 39.5 Å². The van der Waals surface area contributed by atoms with Gasteiger partial charge in [0.2, 0.25) is 0 Å². The molecule has 0 amide bonds. The lowest BCUT2D eigenvalue weighted by Gasteiger charge is -2.25. The van der Waals surface area contributed by atoms with Crippen LogP contribution in [0.2, 0.25) is 0 Å². The van der Waals surface area contributed by atoms with Crippen molar-refractivity contribution in [2.75, 3.05) is 33.9 Å². The quantitative estimate of drug-likeness (QED) is 0.0351. The highest BCUT2D eigenvalue weighted by atomic mass is 16.5. The van der Waals surface area contributed by atoms with E-state index in [1.54, 1.807) is 0 Å². The molecule has 0 aromatic carbocycles. The molecule has 0 aliphatic heterocycles. The van der Waals surface area contributed by atoms with Crippen LogP contribution in [0, 0.1) is 11.3 Å². The minimum atomic E-state index is -0.0963. The Balaban J connectivity index is 4.43. The van der Waals surface area contributed by atoms with E-state index in [1.807, 2.05) is 14.1 Å². The molecule has 0 aromatic rings. The van der Waals surface area contributed by atoms with Gasteiger partial charge in [-0.1, -0.05) is 144 Å². The summed E-state index contributed by atoms with van der Waals surface area (Å²) in [5.41, 5.74) is -0.0692. The smallest absolute Gasteiger partial charge is 0.306 e. The molecule has 53 heavy (non-hydrogen) atoms. The monoisotopic (exact) mass is 752 g/mol. The predicted octanol–water partition coefficient (Wildman–Crippen LogP) is 13.0. The molecule has 0 aliphatic carbocycles. The molecule has 0 aromatic heterocycles. The Labute approximate surface area is 329 Å². The molecule has 0 fully saturated rings. The average Bonchev–Trinajstić information content (AvgIpc) is 3.11. The van der Waals surface area contributed by atoms with Gasteiger partial charge in [0.05, 0.1) is 13.2 Å². The minimum Gasteiger partial charge on any atom is -0.466 e. The molecular formula is C46H89NO6. The normalized spacial score (nSPS) is 12.4. The van der Waals surface area contributed by atoms with Crippen molar-refractivity contribution in [1.82, 2.24) is 4.90 Å². The SMILES string of the molecule is CCCCCCCCCC(=O)OCC(C)(C)CCCCC(CCCCCCC(=O)OCCCC(CCCCC)CCCCC)OC(=O)CCCN(C)C. The molecule has 0 saturated carbocycles. The number of carbonyl (C=O) groups is 3. The number of ether oxygens (including phenoxy) is 3. The number of unbranched alkanes of at least 4 members (excludes halogenated alkanes) is 14. The molecule has 0 saturated heterocycles. The summed E-state index contributed by atoms with van der Waals surface area (Å²) < 4.78 is 17.2. The summed E-state index contributed by atoms with van der Waals surface area (Å²) in [6, 6.07) is 0. The maximum absolute atomic E-state index is 12.7. The van der Waals surface area contributed by atoms with Crippen LogP contribution < -0.4 is 0 Å². The van der Waals surface area contributed by atoms with E-state index in [0.717, 1.165) is 95.9 Å². The van der Waals surface area contributed by atoms with Crippen molar-refractivity contribution in [3.63, 3.8) is 0 Å². The van der Waals surface area contributed by atoms with Gasteiger partial charge in [-0.2, -0.15) is 0 Å². The summed E-state index contributed by atoms with van der Waals surface area (Å²) in [5.74, 6) is 0.551. The number of esters is 3. The molecule has 7 heteroatoms. The van der Waals surface area contributed by atoms with Crippen LogP contribution in [0.4, 0.5) is 0 Å². The van der Waals surface area contributed by atoms with Crippen molar-refractivity contribution >= 4 is 17.9 Å². The Kier molecular flexibility index (Phi) is 34.9. The van der Waals surface area contributed by atoms with Crippen LogP contribution in [0.5, 0.6) is 0 Å². The second-order valence-electron chi connectivity index (χ2n) is 17.1. The standard InChI is InChI=1S/C46H89NO6/c1-8-11-14-15-16-17-23-35-44(49)52-40-46(4,5)37-26-25-33-42(53-45(50)36-27-38-47(6)7)32-22-18-19-24-34-43(48)51-39-28-31-41(29-20-12-9-2)30-21-13-10-3/h41-42H,8-40H2,1-7H3. The van der Waals surface area contributed by atoms with E-state index in [1.165, 1.54) is 89.9 Å². The Morgan fingerprint density at radius 2 is 0.962 bits per heavy atom. The van der Waals surface area contributed by atoms with Crippen molar-refractivity contribution in [2.24, 2.45) is 11.3 Å². The van der Waals surface area contributed by atoms with Gasteiger partial charge in [-0.15, -0.1) is 0 Å². The van der Waals surface area contributed by atoms with Gasteiger partial charge < -0.3 is 19.1 Å². The van der Waals surface area contributed by atoms with Crippen molar-refractivity contribution in [2.45, 2.75) is 233 Å². The molecule has 0 aliphatic rings. The Morgan fingerprint density at radius 1 is 0.509 bits per heavy atom. The minimum absolute atomic E-state index is 0.0612. The largest absolute Gasteiger partial charge is 0.466 e. The van der Waals surface area contributed by atoms with Gasteiger partial charge in [0.15, 0.2) is 0 Å². The molecule has 7 nitrogen and oxygen atoms in total. The van der Waals surface area contributed by atoms with Gasteiger partial charge in [-0.25, -0.2) is 0 Å². The fourth-order valence-electron chi connectivity index (χ4n) is 7.09. The van der Waals surface area contributed by atoms with E-state index >= 15 is 0 Å². The summed E-state index contributed by atoms with van der Waals surface area (Å²) in [7, 11) is 4.04. The van der Waals surface area contributed by atoms with Crippen molar-refractivity contribution < 1.29 is 28.6 Å². The van der Waals surface area contributed by atoms with E-state index in [4.69, 9.17) is 14.2 Å². The number of nitrogens with zero attached hydrogens (tertiary/aromatic N) is 1. The second-order valence-corrected chi connectivity index (χ2v) is 17.1. The van der Waals surface area contributed by atoms with Gasteiger partial charge >= 0.3 is 17.9 Å². The first-order valence-corrected chi connectivity index (χ1v) is 22.7. The van der Waals surface area contributed by atoms with Crippen LogP contribution >= 0.6 is 0 Å². The van der Waals surface area contributed by atoms with Gasteiger partial charge in [0.25, 0.3) is 0 Å². The summed E-state index contributed by atoms with van der Waals surface area (Å²) in [6.07, 6.45) is 31.7. The van der Waals surface area contributed by atoms with E-state index < -0.39 is 0 Å². The number of hydrogen-bond acceptors (Lipinski definition) is 7. The maximum atomic E-state index is 12.7. The average molecular weight is 752 g/mol. The predicted molar refractivity (Wildman–Crippen MR) is 223 cm³/mol.